The first kappa shape index (κ1) is 21.0. The van der Waals surface area contributed by atoms with Gasteiger partial charge in [0.25, 0.3) is 5.91 Å². The van der Waals surface area contributed by atoms with Gasteiger partial charge >= 0.3 is 0 Å². The van der Waals surface area contributed by atoms with Crippen molar-refractivity contribution >= 4 is 38.9 Å². The van der Waals surface area contributed by atoms with Crippen LogP contribution in [0, 0.1) is 12.7 Å². The summed E-state index contributed by atoms with van der Waals surface area (Å²) < 4.78 is 38.4. The van der Waals surface area contributed by atoms with Crippen molar-refractivity contribution in [1.29, 1.82) is 0 Å². The van der Waals surface area contributed by atoms with Crippen LogP contribution < -0.4 is 16.1 Å². The highest BCUT2D eigenvalue weighted by Crippen LogP contribution is 2.28. The number of aryl methyl sites for hydroxylation is 1. The number of hydrogen-bond acceptors (Lipinski definition) is 7. The molecule has 164 valence electrons. The number of anilines is 2. The van der Waals surface area contributed by atoms with E-state index in [4.69, 9.17) is 5.73 Å². The molecule has 12 heteroatoms. The molecule has 2 atom stereocenters. The number of primary amides is 1. The van der Waals surface area contributed by atoms with E-state index in [2.05, 4.69) is 15.5 Å². The highest BCUT2D eigenvalue weighted by molar-refractivity contribution is 7.91. The maximum Gasteiger partial charge on any atom is 0.273 e. The summed E-state index contributed by atoms with van der Waals surface area (Å²) >= 11 is 0. The molecule has 1 saturated heterocycles. The molecular formula is C19H21FN6O4S. The summed E-state index contributed by atoms with van der Waals surface area (Å²) in [6, 6.07) is 5.70. The number of sulfone groups is 1. The molecule has 0 bridgehead atoms. The molecule has 2 unspecified atom stereocenters. The van der Waals surface area contributed by atoms with Gasteiger partial charge in [-0.2, -0.15) is 10.2 Å². The summed E-state index contributed by atoms with van der Waals surface area (Å²) in [6.07, 6.45) is 0.388. The van der Waals surface area contributed by atoms with Crippen molar-refractivity contribution in [2.75, 3.05) is 21.8 Å². The van der Waals surface area contributed by atoms with Crippen LogP contribution in [0.2, 0.25) is 0 Å². The Hall–Kier alpha value is -3.28. The van der Waals surface area contributed by atoms with Crippen LogP contribution in [0.1, 0.15) is 24.6 Å². The molecular weight excluding hydrogens is 427 g/mol. The molecule has 0 spiro atoms. The van der Waals surface area contributed by atoms with E-state index in [-0.39, 0.29) is 29.7 Å². The van der Waals surface area contributed by atoms with Crippen LogP contribution in [0.4, 0.5) is 15.9 Å². The average Bonchev–Trinajstić information content (AvgIpc) is 3.39. The van der Waals surface area contributed by atoms with Crippen LogP contribution >= 0.6 is 0 Å². The van der Waals surface area contributed by atoms with Crippen molar-refractivity contribution in [3.8, 4) is 0 Å². The van der Waals surface area contributed by atoms with E-state index in [1.165, 1.54) is 34.0 Å². The number of carbonyl (C=O) groups excluding carboxylic acids is 2. The van der Waals surface area contributed by atoms with Gasteiger partial charge in [0, 0.05) is 12.5 Å². The summed E-state index contributed by atoms with van der Waals surface area (Å²) in [7, 11) is -3.14. The maximum atomic E-state index is 13.2. The number of hydrogen-bond donors (Lipinski definition) is 2. The highest BCUT2D eigenvalue weighted by atomic mass is 32.2. The lowest BCUT2D eigenvalue weighted by Crippen LogP contribution is -2.39. The standard InChI is InChI=1S/C19H21FN6O4S/c1-11-8-17(26(23-11)14-6-7-31(29,30)10-14)22-19(28)15-9-16(18(21)27)25(24-15)13-4-2-12(20)3-5-13/h2-5,8,14,16H,6-7,9-10H2,1H3,(H2,21,27)(H,22,28). The molecule has 0 saturated carbocycles. The third-order valence-electron chi connectivity index (χ3n) is 5.25. The smallest absolute Gasteiger partial charge is 0.273 e. The van der Waals surface area contributed by atoms with E-state index in [1.807, 2.05) is 0 Å². The van der Waals surface area contributed by atoms with Crippen molar-refractivity contribution in [1.82, 2.24) is 9.78 Å². The Morgan fingerprint density at radius 2 is 1.97 bits per heavy atom. The number of nitrogens with two attached hydrogens (primary N) is 1. The average molecular weight is 448 g/mol. The molecule has 1 aromatic heterocycles. The van der Waals surface area contributed by atoms with E-state index in [1.54, 1.807) is 13.0 Å². The molecule has 2 aliphatic heterocycles. The number of rotatable bonds is 5. The van der Waals surface area contributed by atoms with Gasteiger partial charge in [-0.25, -0.2) is 17.5 Å². The van der Waals surface area contributed by atoms with Crippen molar-refractivity contribution in [2.45, 2.75) is 31.8 Å². The van der Waals surface area contributed by atoms with Gasteiger partial charge in [-0.05, 0) is 37.6 Å². The molecule has 3 heterocycles. The van der Waals surface area contributed by atoms with Gasteiger partial charge in [-0.3, -0.25) is 14.6 Å². The molecule has 1 fully saturated rings. The summed E-state index contributed by atoms with van der Waals surface area (Å²) in [5.41, 5.74) is 6.58. The van der Waals surface area contributed by atoms with Gasteiger partial charge in [-0.15, -0.1) is 0 Å². The largest absolute Gasteiger partial charge is 0.368 e. The van der Waals surface area contributed by atoms with Gasteiger partial charge < -0.3 is 11.1 Å². The number of hydrazone groups is 1. The lowest BCUT2D eigenvalue weighted by atomic mass is 10.1. The molecule has 3 N–H and O–H groups in total. The summed E-state index contributed by atoms with van der Waals surface area (Å²) in [5.74, 6) is -1.30. The highest BCUT2D eigenvalue weighted by Gasteiger charge is 2.36. The molecule has 1 aromatic carbocycles. The SMILES string of the molecule is Cc1cc(NC(=O)C2=NN(c3ccc(F)cc3)C(C(N)=O)C2)n(C2CCS(=O)(=O)C2)n1. The molecule has 0 radical (unpaired) electrons. The van der Waals surface area contributed by atoms with Crippen molar-refractivity contribution in [3.05, 3.63) is 41.8 Å². The number of benzene rings is 1. The Morgan fingerprint density at radius 3 is 2.58 bits per heavy atom. The normalized spacial score (nSPS) is 22.4. The first-order valence-electron chi connectivity index (χ1n) is 9.62. The van der Waals surface area contributed by atoms with E-state index in [9.17, 15) is 22.4 Å². The number of halogens is 1. The van der Waals surface area contributed by atoms with Crippen LogP contribution in [-0.2, 0) is 19.4 Å². The first-order chi connectivity index (χ1) is 14.6. The van der Waals surface area contributed by atoms with E-state index in [0.717, 1.165) is 0 Å². The zero-order valence-corrected chi connectivity index (χ0v) is 17.5. The summed E-state index contributed by atoms with van der Waals surface area (Å²) in [5, 5.41) is 12.6. The number of amides is 2. The minimum atomic E-state index is -3.14. The quantitative estimate of drug-likeness (QED) is 0.692. The van der Waals surface area contributed by atoms with E-state index < -0.39 is 33.5 Å². The van der Waals surface area contributed by atoms with Crippen LogP contribution in [0.25, 0.3) is 0 Å². The minimum absolute atomic E-state index is 0.0243. The second-order valence-electron chi connectivity index (χ2n) is 7.62. The number of aromatic nitrogens is 2. The van der Waals surface area contributed by atoms with Gasteiger partial charge in [0.1, 0.15) is 23.4 Å². The second-order valence-corrected chi connectivity index (χ2v) is 9.85. The van der Waals surface area contributed by atoms with Crippen LogP contribution in [-0.4, -0.2) is 53.3 Å². The minimum Gasteiger partial charge on any atom is -0.368 e. The molecule has 4 rings (SSSR count). The predicted molar refractivity (Wildman–Crippen MR) is 112 cm³/mol. The fraction of sp³-hybridized carbons (Fsp3) is 0.368. The van der Waals surface area contributed by atoms with E-state index >= 15 is 0 Å². The van der Waals surface area contributed by atoms with Gasteiger partial charge in [0.15, 0.2) is 9.84 Å². The van der Waals surface area contributed by atoms with Crippen molar-refractivity contribution in [2.24, 2.45) is 10.8 Å². The molecule has 0 aliphatic carbocycles. The third kappa shape index (κ3) is 4.29. The summed E-state index contributed by atoms with van der Waals surface area (Å²) in [4.78, 5) is 24.8. The monoisotopic (exact) mass is 448 g/mol. The summed E-state index contributed by atoms with van der Waals surface area (Å²) in [6.45, 7) is 1.74. The Labute approximate surface area is 177 Å². The fourth-order valence-electron chi connectivity index (χ4n) is 3.75. The topological polar surface area (TPSA) is 140 Å². The predicted octanol–water partition coefficient (Wildman–Crippen LogP) is 0.749. The van der Waals surface area contributed by atoms with Gasteiger partial charge in [0.2, 0.25) is 5.91 Å². The van der Waals surface area contributed by atoms with Gasteiger partial charge in [-0.1, -0.05) is 0 Å². The lowest BCUT2D eigenvalue weighted by Gasteiger charge is -2.20. The Balaban J connectivity index is 1.57. The zero-order chi connectivity index (χ0) is 22.3. The maximum absolute atomic E-state index is 13.2. The van der Waals surface area contributed by atoms with Crippen LogP contribution in [0.5, 0.6) is 0 Å². The molecule has 10 nitrogen and oxygen atoms in total. The molecule has 2 amide bonds. The Morgan fingerprint density at radius 1 is 1.26 bits per heavy atom. The number of nitrogens with zero attached hydrogens (tertiary/aromatic N) is 4. The van der Waals surface area contributed by atoms with E-state index in [0.29, 0.717) is 23.6 Å². The lowest BCUT2D eigenvalue weighted by molar-refractivity contribution is -0.119. The molecule has 2 aromatic rings. The molecule has 31 heavy (non-hydrogen) atoms. The third-order valence-corrected chi connectivity index (χ3v) is 7.00. The Kier molecular flexibility index (Phi) is 5.25. The first-order valence-corrected chi connectivity index (χ1v) is 11.4. The van der Waals surface area contributed by atoms with Crippen LogP contribution in [0.15, 0.2) is 35.4 Å². The molecule has 2 aliphatic rings. The number of nitrogens with one attached hydrogen (secondary N) is 1. The Bertz CT molecular complexity index is 1170. The van der Waals surface area contributed by atoms with Gasteiger partial charge in [0.05, 0.1) is 28.9 Å². The van der Waals surface area contributed by atoms with Crippen LogP contribution in [0.3, 0.4) is 0 Å². The zero-order valence-electron chi connectivity index (χ0n) is 16.7. The number of carbonyl (C=O) groups is 2. The van der Waals surface area contributed by atoms with Crippen molar-refractivity contribution < 1.29 is 22.4 Å². The second kappa shape index (κ2) is 7.76. The fourth-order valence-corrected chi connectivity index (χ4v) is 5.44. The van der Waals surface area contributed by atoms with Crippen molar-refractivity contribution in [3.63, 3.8) is 0 Å².